The molecule has 6 rings (SSSR count). The second-order valence-electron chi connectivity index (χ2n) is 16.5. The van der Waals surface area contributed by atoms with Gasteiger partial charge in [-0.25, -0.2) is 0 Å². The van der Waals surface area contributed by atoms with E-state index in [1.165, 1.54) is 31.3 Å². The van der Waals surface area contributed by atoms with Crippen molar-refractivity contribution in [3.8, 4) is 0 Å². The van der Waals surface area contributed by atoms with Crippen molar-refractivity contribution in [2.24, 2.45) is 50.7 Å². The van der Waals surface area contributed by atoms with Crippen LogP contribution in [0.1, 0.15) is 126 Å². The van der Waals surface area contributed by atoms with Crippen molar-refractivity contribution in [1.82, 2.24) is 4.90 Å². The number of likely N-dealkylation sites (tertiary alicyclic amines) is 1. The Balaban J connectivity index is 1.43. The molecule has 0 aromatic rings. The highest BCUT2D eigenvalue weighted by Crippen LogP contribution is 2.76. The predicted octanol–water partition coefficient (Wildman–Crippen LogP) is 7.34. The van der Waals surface area contributed by atoms with Crippen molar-refractivity contribution in [2.75, 3.05) is 13.1 Å². The van der Waals surface area contributed by atoms with Crippen LogP contribution in [0.25, 0.3) is 0 Å². The van der Waals surface area contributed by atoms with E-state index in [1.807, 2.05) is 0 Å². The van der Waals surface area contributed by atoms with Crippen LogP contribution in [0.4, 0.5) is 0 Å². The first-order valence-electron chi connectivity index (χ1n) is 16.5. The summed E-state index contributed by atoms with van der Waals surface area (Å²) in [5, 5.41) is 11.0. The highest BCUT2D eigenvalue weighted by atomic mass is 16.3. The van der Waals surface area contributed by atoms with E-state index in [2.05, 4.69) is 53.4 Å². The van der Waals surface area contributed by atoms with E-state index >= 15 is 0 Å². The minimum Gasteiger partial charge on any atom is -0.393 e. The lowest BCUT2D eigenvalue weighted by Gasteiger charge is -2.72. The number of rotatable bonds is 2. The van der Waals surface area contributed by atoms with Crippen molar-refractivity contribution in [1.29, 1.82) is 0 Å². The summed E-state index contributed by atoms with van der Waals surface area (Å²) in [4.78, 5) is 30.4. The molecule has 1 amide bonds. The Morgan fingerprint density at radius 2 is 1.54 bits per heavy atom. The van der Waals surface area contributed by atoms with Crippen LogP contribution in [-0.2, 0) is 9.59 Å². The van der Waals surface area contributed by atoms with Crippen LogP contribution in [0.2, 0.25) is 0 Å². The van der Waals surface area contributed by atoms with Gasteiger partial charge in [0.05, 0.1) is 11.5 Å². The number of hydrogen-bond acceptors (Lipinski definition) is 3. The minimum absolute atomic E-state index is 0.0418. The van der Waals surface area contributed by atoms with Crippen molar-refractivity contribution < 1.29 is 14.7 Å². The number of fused-ring (bicyclic) bond motifs is 7. The highest BCUT2D eigenvalue weighted by molar-refractivity contribution is 6.07. The molecule has 218 valence electrons. The molecule has 0 spiro atoms. The number of Topliss-reactive ketones (excluding diaryl/α,β-unsaturated/α-hetero) is 1. The van der Waals surface area contributed by atoms with Gasteiger partial charge in [0.25, 0.3) is 0 Å². The maximum Gasteiger partial charge on any atom is 0.233 e. The molecule has 0 radical (unpaired) electrons. The van der Waals surface area contributed by atoms with E-state index < -0.39 is 5.41 Å². The van der Waals surface area contributed by atoms with E-state index in [9.17, 15) is 14.7 Å². The first-order valence-corrected chi connectivity index (χ1v) is 16.5. The SMILES string of the molecule is CC(C)C1=C2C3CCC4[C@@]5(C)CC[C@H](O)C(C)(C)C5CC[C@@]4(C)[C@]3(C)CC[C@@]2(C(=O)N2CCCCC2)CC1=O. The largest absolute Gasteiger partial charge is 0.393 e. The number of allylic oxidation sites excluding steroid dienone is 1. The fourth-order valence-electron chi connectivity index (χ4n) is 12.3. The average molecular weight is 538 g/mol. The van der Waals surface area contributed by atoms with Crippen LogP contribution in [0, 0.1) is 50.7 Å². The Morgan fingerprint density at radius 3 is 2.21 bits per heavy atom. The molecular formula is C35H55NO3. The highest BCUT2D eigenvalue weighted by Gasteiger charge is 2.71. The van der Waals surface area contributed by atoms with E-state index in [0.717, 1.165) is 63.6 Å². The molecule has 4 nitrogen and oxygen atoms in total. The Hall–Kier alpha value is -1.16. The van der Waals surface area contributed by atoms with Gasteiger partial charge in [0, 0.05) is 19.5 Å². The first-order chi connectivity index (χ1) is 18.2. The number of nitrogens with zero attached hydrogens (tertiary/aromatic N) is 1. The Morgan fingerprint density at radius 1 is 0.846 bits per heavy atom. The quantitative estimate of drug-likeness (QED) is 0.401. The standard InChI is InChI=1S/C35H55NO3/c1-22(2)28-24(37)21-35(30(39)36-19-9-8-10-20-36)18-17-33(6)23(29(28)35)11-12-26-32(5)15-14-27(38)31(3,4)25(32)13-16-34(26,33)7/h22-23,25-27,38H,8-21H2,1-7H3/t23?,25?,26?,27-,32-,33+,34+,35+/m0/s1. The van der Waals surface area contributed by atoms with Gasteiger partial charge in [0.1, 0.15) is 0 Å². The van der Waals surface area contributed by atoms with Gasteiger partial charge in [0.2, 0.25) is 5.91 Å². The van der Waals surface area contributed by atoms with Crippen LogP contribution in [0.3, 0.4) is 0 Å². The second-order valence-corrected chi connectivity index (χ2v) is 16.5. The number of aliphatic hydroxyl groups excluding tert-OH is 1. The van der Waals surface area contributed by atoms with Crippen molar-refractivity contribution in [2.45, 2.75) is 132 Å². The van der Waals surface area contributed by atoms with E-state index in [-0.39, 0.29) is 45.4 Å². The topological polar surface area (TPSA) is 57.6 Å². The summed E-state index contributed by atoms with van der Waals surface area (Å²) < 4.78 is 0. The number of amides is 1. The lowest BCUT2D eigenvalue weighted by molar-refractivity contribution is -0.228. The molecule has 0 bridgehead atoms. The van der Waals surface area contributed by atoms with Crippen molar-refractivity contribution >= 4 is 11.7 Å². The number of ketones is 1. The van der Waals surface area contributed by atoms with Crippen LogP contribution in [-0.4, -0.2) is 40.9 Å². The zero-order valence-corrected chi connectivity index (χ0v) is 26.0. The van der Waals surface area contributed by atoms with Gasteiger partial charge in [-0.1, -0.05) is 48.5 Å². The monoisotopic (exact) mass is 537 g/mol. The number of carbonyl (C=O) groups excluding carboxylic acids is 2. The molecule has 1 aliphatic heterocycles. The maximum absolute atomic E-state index is 14.5. The molecule has 39 heavy (non-hydrogen) atoms. The molecule has 3 unspecified atom stereocenters. The summed E-state index contributed by atoms with van der Waals surface area (Å²) in [6.45, 7) is 18.5. The van der Waals surface area contributed by atoms with Crippen molar-refractivity contribution in [3.05, 3.63) is 11.1 Å². The second kappa shape index (κ2) is 8.92. The van der Waals surface area contributed by atoms with Gasteiger partial charge in [-0.2, -0.15) is 0 Å². The molecular weight excluding hydrogens is 482 g/mol. The van der Waals surface area contributed by atoms with Crippen LogP contribution >= 0.6 is 0 Å². The van der Waals surface area contributed by atoms with Crippen LogP contribution < -0.4 is 0 Å². The summed E-state index contributed by atoms with van der Waals surface area (Å²) in [6.07, 6.45) is 12.2. The lowest BCUT2D eigenvalue weighted by atomic mass is 9.33. The fourth-order valence-corrected chi connectivity index (χ4v) is 12.3. The average Bonchev–Trinajstić information content (AvgIpc) is 3.20. The molecule has 6 aliphatic rings. The third kappa shape index (κ3) is 3.51. The normalized spacial score (nSPS) is 47.4. The summed E-state index contributed by atoms with van der Waals surface area (Å²) in [6, 6.07) is 0. The molecule has 0 aromatic carbocycles. The molecule has 8 atom stereocenters. The Kier molecular flexibility index (Phi) is 6.40. The van der Waals surface area contributed by atoms with Crippen LogP contribution in [0.15, 0.2) is 11.1 Å². The third-order valence-corrected chi connectivity index (χ3v) is 14.5. The zero-order valence-electron chi connectivity index (χ0n) is 26.0. The molecule has 5 aliphatic carbocycles. The molecule has 5 fully saturated rings. The van der Waals surface area contributed by atoms with Crippen LogP contribution in [0.5, 0.6) is 0 Å². The third-order valence-electron chi connectivity index (χ3n) is 14.5. The first kappa shape index (κ1) is 28.0. The molecule has 4 heteroatoms. The maximum atomic E-state index is 14.5. The smallest absolute Gasteiger partial charge is 0.233 e. The van der Waals surface area contributed by atoms with Gasteiger partial charge in [-0.3, -0.25) is 9.59 Å². The van der Waals surface area contributed by atoms with Gasteiger partial charge < -0.3 is 10.0 Å². The summed E-state index contributed by atoms with van der Waals surface area (Å²) in [7, 11) is 0. The summed E-state index contributed by atoms with van der Waals surface area (Å²) in [5.74, 6) is 2.23. The molecule has 1 N–H and O–H groups in total. The predicted molar refractivity (Wildman–Crippen MR) is 156 cm³/mol. The number of piperidine rings is 1. The minimum atomic E-state index is -0.584. The van der Waals surface area contributed by atoms with E-state index in [0.29, 0.717) is 24.2 Å². The van der Waals surface area contributed by atoms with Gasteiger partial charge in [-0.05, 0) is 127 Å². The summed E-state index contributed by atoms with van der Waals surface area (Å²) >= 11 is 0. The molecule has 1 saturated heterocycles. The summed E-state index contributed by atoms with van der Waals surface area (Å²) in [5.41, 5.74) is 2.22. The van der Waals surface area contributed by atoms with E-state index in [1.54, 1.807) is 0 Å². The fraction of sp³-hybridized carbons (Fsp3) is 0.886. The Labute approximate surface area is 237 Å². The molecule has 4 saturated carbocycles. The van der Waals surface area contributed by atoms with Gasteiger partial charge in [0.15, 0.2) is 5.78 Å². The number of aliphatic hydroxyl groups is 1. The number of carbonyl (C=O) groups is 2. The number of hydrogen-bond donors (Lipinski definition) is 1. The molecule has 1 heterocycles. The zero-order chi connectivity index (χ0) is 28.2. The van der Waals surface area contributed by atoms with Gasteiger partial charge >= 0.3 is 0 Å². The van der Waals surface area contributed by atoms with Crippen molar-refractivity contribution in [3.63, 3.8) is 0 Å². The molecule has 0 aromatic heterocycles. The van der Waals surface area contributed by atoms with Gasteiger partial charge in [-0.15, -0.1) is 0 Å². The Bertz CT molecular complexity index is 1080. The lowest BCUT2D eigenvalue weighted by Crippen LogP contribution is -2.66. The van der Waals surface area contributed by atoms with E-state index in [4.69, 9.17) is 0 Å².